The van der Waals surface area contributed by atoms with E-state index in [2.05, 4.69) is 9.88 Å². The van der Waals surface area contributed by atoms with Crippen LogP contribution in [0.4, 0.5) is 5.82 Å². The molecule has 2 heterocycles. The van der Waals surface area contributed by atoms with Crippen molar-refractivity contribution in [1.29, 1.82) is 0 Å². The van der Waals surface area contributed by atoms with Crippen LogP contribution in [0.5, 0.6) is 0 Å². The van der Waals surface area contributed by atoms with Crippen LogP contribution in [0.15, 0.2) is 24.3 Å². The van der Waals surface area contributed by atoms with Gasteiger partial charge in [0.05, 0.1) is 22.8 Å². The van der Waals surface area contributed by atoms with E-state index in [9.17, 15) is 0 Å². The molecule has 0 aliphatic carbocycles. The van der Waals surface area contributed by atoms with Gasteiger partial charge in [0.25, 0.3) is 0 Å². The number of ether oxygens (including phenoxy) is 1. The predicted octanol–water partition coefficient (Wildman–Crippen LogP) is 2.16. The van der Waals surface area contributed by atoms with Crippen LogP contribution in [0.2, 0.25) is 0 Å². The molecule has 0 N–H and O–H groups in total. The Bertz CT molecular complexity index is 570. The van der Waals surface area contributed by atoms with Gasteiger partial charge < -0.3 is 9.64 Å². The molecule has 0 radical (unpaired) electrons. The molecule has 1 aliphatic heterocycles. The van der Waals surface area contributed by atoms with Crippen LogP contribution in [0.25, 0.3) is 11.0 Å². The standard InChI is InChI=1S/C14H17N3O/c1-10-14(17-8-7-11(9-17)18-2)16-13-6-4-3-5-12(13)15-10/h3-6,11H,7-9H2,1-2H3/t11-/m0/s1. The van der Waals surface area contributed by atoms with Crippen molar-refractivity contribution in [2.45, 2.75) is 19.4 Å². The van der Waals surface area contributed by atoms with E-state index in [1.165, 1.54) is 0 Å². The van der Waals surface area contributed by atoms with Gasteiger partial charge in [-0.25, -0.2) is 9.97 Å². The van der Waals surface area contributed by atoms with Gasteiger partial charge in [-0.15, -0.1) is 0 Å². The van der Waals surface area contributed by atoms with Crippen molar-refractivity contribution in [1.82, 2.24) is 9.97 Å². The van der Waals surface area contributed by atoms with E-state index in [1.54, 1.807) is 7.11 Å². The van der Waals surface area contributed by atoms with Crippen molar-refractivity contribution in [3.63, 3.8) is 0 Å². The van der Waals surface area contributed by atoms with Gasteiger partial charge in [0, 0.05) is 20.2 Å². The average molecular weight is 243 g/mol. The molecule has 1 aliphatic rings. The first-order valence-corrected chi connectivity index (χ1v) is 6.29. The molecule has 3 rings (SSSR count). The first-order valence-electron chi connectivity index (χ1n) is 6.29. The second-order valence-electron chi connectivity index (χ2n) is 4.71. The maximum Gasteiger partial charge on any atom is 0.150 e. The fraction of sp³-hybridized carbons (Fsp3) is 0.429. The monoisotopic (exact) mass is 243 g/mol. The normalized spacial score (nSPS) is 19.7. The minimum Gasteiger partial charge on any atom is -0.380 e. The largest absolute Gasteiger partial charge is 0.380 e. The van der Waals surface area contributed by atoms with Gasteiger partial charge in [-0.1, -0.05) is 12.1 Å². The lowest BCUT2D eigenvalue weighted by Crippen LogP contribution is -2.24. The molecular formula is C14H17N3O. The van der Waals surface area contributed by atoms with E-state index in [0.29, 0.717) is 6.10 Å². The van der Waals surface area contributed by atoms with Gasteiger partial charge in [0.1, 0.15) is 0 Å². The first kappa shape index (κ1) is 11.4. The smallest absolute Gasteiger partial charge is 0.150 e. The van der Waals surface area contributed by atoms with Gasteiger partial charge in [-0.3, -0.25) is 0 Å². The molecule has 1 atom stereocenters. The Labute approximate surface area is 107 Å². The molecule has 2 aromatic rings. The average Bonchev–Trinajstić information content (AvgIpc) is 2.86. The Balaban J connectivity index is 1.99. The molecule has 0 saturated carbocycles. The summed E-state index contributed by atoms with van der Waals surface area (Å²) in [6.45, 7) is 3.92. The molecule has 0 bridgehead atoms. The number of nitrogens with zero attached hydrogens (tertiary/aromatic N) is 3. The molecule has 1 saturated heterocycles. The summed E-state index contributed by atoms with van der Waals surface area (Å²) in [4.78, 5) is 11.6. The summed E-state index contributed by atoms with van der Waals surface area (Å²) in [5, 5.41) is 0. The maximum absolute atomic E-state index is 5.40. The molecule has 0 unspecified atom stereocenters. The van der Waals surface area contributed by atoms with Crippen LogP contribution in [-0.2, 0) is 4.74 Å². The summed E-state index contributed by atoms with van der Waals surface area (Å²) in [5.41, 5.74) is 2.91. The summed E-state index contributed by atoms with van der Waals surface area (Å²) in [6, 6.07) is 8.00. The highest BCUT2D eigenvalue weighted by molar-refractivity contribution is 5.76. The number of hydrogen-bond donors (Lipinski definition) is 0. The highest BCUT2D eigenvalue weighted by Gasteiger charge is 2.24. The number of benzene rings is 1. The van der Waals surface area contributed by atoms with Gasteiger partial charge in [0.15, 0.2) is 5.82 Å². The molecule has 0 spiro atoms. The maximum atomic E-state index is 5.40. The molecular weight excluding hydrogens is 226 g/mol. The fourth-order valence-electron chi connectivity index (χ4n) is 2.49. The van der Waals surface area contributed by atoms with Crippen molar-refractivity contribution >= 4 is 16.9 Å². The van der Waals surface area contributed by atoms with Gasteiger partial charge in [-0.2, -0.15) is 0 Å². The van der Waals surface area contributed by atoms with Gasteiger partial charge in [-0.05, 0) is 25.5 Å². The summed E-state index contributed by atoms with van der Waals surface area (Å²) >= 11 is 0. The number of hydrogen-bond acceptors (Lipinski definition) is 4. The lowest BCUT2D eigenvalue weighted by Gasteiger charge is -2.19. The summed E-state index contributed by atoms with van der Waals surface area (Å²) in [7, 11) is 1.77. The van der Waals surface area contributed by atoms with E-state index in [1.807, 2.05) is 31.2 Å². The Kier molecular flexibility index (Phi) is 2.88. The fourth-order valence-corrected chi connectivity index (χ4v) is 2.49. The molecule has 4 heteroatoms. The highest BCUT2D eigenvalue weighted by Crippen LogP contribution is 2.24. The lowest BCUT2D eigenvalue weighted by molar-refractivity contribution is 0.121. The van der Waals surface area contributed by atoms with Crippen molar-refractivity contribution in [3.05, 3.63) is 30.0 Å². The van der Waals surface area contributed by atoms with Crippen LogP contribution >= 0.6 is 0 Å². The van der Waals surface area contributed by atoms with Crippen molar-refractivity contribution in [2.75, 3.05) is 25.1 Å². The van der Waals surface area contributed by atoms with Crippen LogP contribution < -0.4 is 4.90 Å². The number of aromatic nitrogens is 2. The molecule has 0 amide bonds. The minimum absolute atomic E-state index is 0.317. The van der Waals surface area contributed by atoms with E-state index in [0.717, 1.165) is 42.1 Å². The number of para-hydroxylation sites is 2. The minimum atomic E-state index is 0.317. The Morgan fingerprint density at radius 2 is 1.94 bits per heavy atom. The van der Waals surface area contributed by atoms with Crippen LogP contribution in [0.1, 0.15) is 12.1 Å². The van der Waals surface area contributed by atoms with E-state index >= 15 is 0 Å². The Morgan fingerprint density at radius 3 is 2.61 bits per heavy atom. The zero-order valence-electron chi connectivity index (χ0n) is 10.8. The third-order valence-corrected chi connectivity index (χ3v) is 3.50. The SMILES string of the molecule is CO[C@H]1CCN(c2nc3ccccc3nc2C)C1. The topological polar surface area (TPSA) is 38.2 Å². The van der Waals surface area contributed by atoms with E-state index in [4.69, 9.17) is 9.72 Å². The molecule has 4 nitrogen and oxygen atoms in total. The number of anilines is 1. The second kappa shape index (κ2) is 4.53. The Hall–Kier alpha value is -1.68. The molecule has 1 fully saturated rings. The summed E-state index contributed by atoms with van der Waals surface area (Å²) < 4.78 is 5.40. The molecule has 18 heavy (non-hydrogen) atoms. The van der Waals surface area contributed by atoms with Gasteiger partial charge >= 0.3 is 0 Å². The van der Waals surface area contributed by atoms with Crippen LogP contribution in [0.3, 0.4) is 0 Å². The predicted molar refractivity (Wildman–Crippen MR) is 71.9 cm³/mol. The van der Waals surface area contributed by atoms with E-state index < -0.39 is 0 Å². The molecule has 94 valence electrons. The number of aryl methyl sites for hydroxylation is 1. The first-order chi connectivity index (χ1) is 8.78. The van der Waals surface area contributed by atoms with Crippen molar-refractivity contribution < 1.29 is 4.74 Å². The number of fused-ring (bicyclic) bond motifs is 1. The Morgan fingerprint density at radius 1 is 1.22 bits per heavy atom. The lowest BCUT2D eigenvalue weighted by atomic mass is 10.3. The number of rotatable bonds is 2. The second-order valence-corrected chi connectivity index (χ2v) is 4.71. The van der Waals surface area contributed by atoms with Gasteiger partial charge in [0.2, 0.25) is 0 Å². The molecule has 1 aromatic carbocycles. The quantitative estimate of drug-likeness (QED) is 0.810. The zero-order valence-corrected chi connectivity index (χ0v) is 10.8. The van der Waals surface area contributed by atoms with E-state index in [-0.39, 0.29) is 0 Å². The van der Waals surface area contributed by atoms with Crippen LogP contribution in [0, 0.1) is 6.92 Å². The summed E-state index contributed by atoms with van der Waals surface area (Å²) in [5.74, 6) is 0.994. The third-order valence-electron chi connectivity index (χ3n) is 3.50. The highest BCUT2D eigenvalue weighted by atomic mass is 16.5. The van der Waals surface area contributed by atoms with Crippen LogP contribution in [-0.4, -0.2) is 36.3 Å². The summed E-state index contributed by atoms with van der Waals surface area (Å²) in [6.07, 6.45) is 1.38. The third kappa shape index (κ3) is 1.93. The van der Waals surface area contributed by atoms with Crippen molar-refractivity contribution in [3.8, 4) is 0 Å². The molecule has 1 aromatic heterocycles. The number of methoxy groups -OCH3 is 1. The zero-order chi connectivity index (χ0) is 12.5. The van der Waals surface area contributed by atoms with Crippen molar-refractivity contribution in [2.24, 2.45) is 0 Å².